The normalized spacial score (nSPS) is 20.4. The number of aryl methyl sites for hydroxylation is 1. The predicted octanol–water partition coefficient (Wildman–Crippen LogP) is 1.13. The van der Waals surface area contributed by atoms with E-state index < -0.39 is 0 Å². The van der Waals surface area contributed by atoms with Crippen molar-refractivity contribution in [2.75, 3.05) is 19.6 Å². The fraction of sp³-hybridized carbons (Fsp3) is 0.462. The molecule has 4 nitrogen and oxygen atoms in total. The Kier molecular flexibility index (Phi) is 3.33. The number of phenolic OH excluding ortho intramolecular Hbond substituents is 1. The van der Waals surface area contributed by atoms with E-state index in [0.29, 0.717) is 12.1 Å². The number of piperazine rings is 1. The van der Waals surface area contributed by atoms with Gasteiger partial charge in [0.15, 0.2) is 0 Å². The summed E-state index contributed by atoms with van der Waals surface area (Å²) >= 11 is 0. The molecule has 1 aromatic carbocycles. The number of phenols is 1. The molecule has 0 radical (unpaired) electrons. The van der Waals surface area contributed by atoms with Crippen LogP contribution >= 0.6 is 0 Å². The molecule has 1 aromatic rings. The largest absolute Gasteiger partial charge is 0.507 e. The molecule has 1 heterocycles. The topological polar surface area (TPSA) is 52.6 Å². The minimum Gasteiger partial charge on any atom is -0.507 e. The Morgan fingerprint density at radius 1 is 1.53 bits per heavy atom. The summed E-state index contributed by atoms with van der Waals surface area (Å²) in [5, 5.41) is 13.2. The van der Waals surface area contributed by atoms with E-state index in [4.69, 9.17) is 0 Å². The zero-order valence-corrected chi connectivity index (χ0v) is 10.2. The molecule has 92 valence electrons. The zero-order valence-electron chi connectivity index (χ0n) is 10.2. The van der Waals surface area contributed by atoms with Crippen molar-refractivity contribution < 1.29 is 9.90 Å². The summed E-state index contributed by atoms with van der Waals surface area (Å²) in [5.74, 6) is 0.0171. The summed E-state index contributed by atoms with van der Waals surface area (Å²) in [6.45, 7) is 6.11. The smallest absolute Gasteiger partial charge is 0.257 e. The average Bonchev–Trinajstić information content (AvgIpc) is 2.32. The highest BCUT2D eigenvalue weighted by atomic mass is 16.3. The number of rotatable bonds is 1. The number of carbonyl (C=O) groups excluding carboxylic acids is 1. The van der Waals surface area contributed by atoms with Crippen molar-refractivity contribution in [2.45, 2.75) is 19.9 Å². The Bertz CT molecular complexity index is 431. The molecule has 0 aromatic heterocycles. The van der Waals surface area contributed by atoms with Gasteiger partial charge in [0.25, 0.3) is 5.91 Å². The third kappa shape index (κ3) is 2.26. The Morgan fingerprint density at radius 3 is 3.00 bits per heavy atom. The lowest BCUT2D eigenvalue weighted by atomic mass is 10.1. The van der Waals surface area contributed by atoms with Gasteiger partial charge in [0.1, 0.15) is 5.75 Å². The molecule has 0 bridgehead atoms. The Hall–Kier alpha value is -1.55. The first-order valence-electron chi connectivity index (χ1n) is 5.91. The fourth-order valence-electron chi connectivity index (χ4n) is 2.13. The average molecular weight is 234 g/mol. The van der Waals surface area contributed by atoms with E-state index in [1.54, 1.807) is 25.1 Å². The number of nitrogens with one attached hydrogen (secondary N) is 1. The lowest BCUT2D eigenvalue weighted by Gasteiger charge is -2.34. The van der Waals surface area contributed by atoms with Crippen molar-refractivity contribution >= 4 is 5.91 Å². The number of hydrogen-bond donors (Lipinski definition) is 2. The van der Waals surface area contributed by atoms with Crippen molar-refractivity contribution in [3.05, 3.63) is 29.3 Å². The van der Waals surface area contributed by atoms with Crippen molar-refractivity contribution in [1.29, 1.82) is 0 Å². The van der Waals surface area contributed by atoms with Gasteiger partial charge >= 0.3 is 0 Å². The van der Waals surface area contributed by atoms with Gasteiger partial charge in [-0.25, -0.2) is 0 Å². The van der Waals surface area contributed by atoms with Gasteiger partial charge in [-0.2, -0.15) is 0 Å². The van der Waals surface area contributed by atoms with Gasteiger partial charge in [0, 0.05) is 25.7 Å². The standard InChI is InChI=1S/C13H18N2O2/c1-9-4-3-5-11(12(9)16)13(17)15-7-6-14-8-10(15)2/h3-5,10,14,16H,6-8H2,1-2H3. The van der Waals surface area contributed by atoms with Crippen LogP contribution in [0.5, 0.6) is 5.75 Å². The summed E-state index contributed by atoms with van der Waals surface area (Å²) in [6.07, 6.45) is 0. The van der Waals surface area contributed by atoms with E-state index in [1.165, 1.54) is 0 Å². The van der Waals surface area contributed by atoms with Crippen LogP contribution in [0.1, 0.15) is 22.8 Å². The molecule has 1 amide bonds. The molecule has 0 aliphatic carbocycles. The number of carbonyl (C=O) groups is 1. The van der Waals surface area contributed by atoms with Crippen LogP contribution in [0.25, 0.3) is 0 Å². The van der Waals surface area contributed by atoms with Crippen molar-refractivity contribution in [2.24, 2.45) is 0 Å². The van der Waals surface area contributed by atoms with Crippen LogP contribution in [-0.4, -0.2) is 41.6 Å². The van der Waals surface area contributed by atoms with E-state index in [1.807, 2.05) is 11.8 Å². The minimum atomic E-state index is -0.0831. The molecule has 1 saturated heterocycles. The second kappa shape index (κ2) is 4.75. The Morgan fingerprint density at radius 2 is 2.29 bits per heavy atom. The van der Waals surface area contributed by atoms with Crippen LogP contribution < -0.4 is 5.32 Å². The number of amides is 1. The molecule has 1 fully saturated rings. The lowest BCUT2D eigenvalue weighted by Crippen LogP contribution is -2.52. The first kappa shape index (κ1) is 11.9. The van der Waals surface area contributed by atoms with Gasteiger partial charge in [-0.3, -0.25) is 4.79 Å². The maximum absolute atomic E-state index is 12.3. The van der Waals surface area contributed by atoms with Gasteiger partial charge in [0.2, 0.25) is 0 Å². The van der Waals surface area contributed by atoms with Crippen LogP contribution in [0.2, 0.25) is 0 Å². The molecule has 0 spiro atoms. The molecule has 2 N–H and O–H groups in total. The molecule has 2 rings (SSSR count). The first-order valence-corrected chi connectivity index (χ1v) is 5.91. The lowest BCUT2D eigenvalue weighted by molar-refractivity contribution is 0.0652. The summed E-state index contributed by atoms with van der Waals surface area (Å²) in [4.78, 5) is 14.1. The van der Waals surface area contributed by atoms with Gasteiger partial charge < -0.3 is 15.3 Å². The molecule has 0 saturated carbocycles. The molecule has 17 heavy (non-hydrogen) atoms. The van der Waals surface area contributed by atoms with Gasteiger partial charge in [-0.05, 0) is 25.5 Å². The monoisotopic (exact) mass is 234 g/mol. The second-order valence-electron chi connectivity index (χ2n) is 4.52. The van der Waals surface area contributed by atoms with E-state index >= 15 is 0 Å². The van der Waals surface area contributed by atoms with Crippen molar-refractivity contribution in [3.8, 4) is 5.75 Å². The molecular weight excluding hydrogens is 216 g/mol. The highest BCUT2D eigenvalue weighted by molar-refractivity contribution is 5.97. The molecule has 1 unspecified atom stereocenters. The Labute approximate surface area is 101 Å². The van der Waals surface area contributed by atoms with Crippen LogP contribution in [0.4, 0.5) is 0 Å². The maximum Gasteiger partial charge on any atom is 0.257 e. The predicted molar refractivity (Wildman–Crippen MR) is 66.2 cm³/mol. The van der Waals surface area contributed by atoms with Gasteiger partial charge in [-0.1, -0.05) is 12.1 Å². The van der Waals surface area contributed by atoms with E-state index in [0.717, 1.165) is 18.7 Å². The highest BCUT2D eigenvalue weighted by Crippen LogP contribution is 2.23. The number of nitrogens with zero attached hydrogens (tertiary/aromatic N) is 1. The Balaban J connectivity index is 2.27. The van der Waals surface area contributed by atoms with E-state index in [-0.39, 0.29) is 17.7 Å². The highest BCUT2D eigenvalue weighted by Gasteiger charge is 2.25. The van der Waals surface area contributed by atoms with Crippen molar-refractivity contribution in [3.63, 3.8) is 0 Å². The summed E-state index contributed by atoms with van der Waals surface area (Å²) < 4.78 is 0. The van der Waals surface area contributed by atoms with E-state index in [2.05, 4.69) is 5.32 Å². The summed E-state index contributed by atoms with van der Waals surface area (Å²) in [7, 11) is 0. The molecular formula is C13H18N2O2. The SMILES string of the molecule is Cc1cccc(C(=O)N2CCNCC2C)c1O. The van der Waals surface area contributed by atoms with Crippen molar-refractivity contribution in [1.82, 2.24) is 10.2 Å². The maximum atomic E-state index is 12.3. The molecule has 4 heteroatoms. The summed E-state index contributed by atoms with van der Waals surface area (Å²) in [6, 6.07) is 5.44. The quantitative estimate of drug-likeness (QED) is 0.766. The first-order chi connectivity index (χ1) is 8.11. The van der Waals surface area contributed by atoms with Crippen LogP contribution in [-0.2, 0) is 0 Å². The zero-order chi connectivity index (χ0) is 12.4. The fourth-order valence-corrected chi connectivity index (χ4v) is 2.13. The van der Waals surface area contributed by atoms with Crippen LogP contribution in [0, 0.1) is 6.92 Å². The molecule has 1 aliphatic heterocycles. The van der Waals surface area contributed by atoms with Gasteiger partial charge in [0.05, 0.1) is 5.56 Å². The molecule has 1 aliphatic rings. The summed E-state index contributed by atoms with van der Waals surface area (Å²) in [5.41, 5.74) is 1.14. The molecule has 1 atom stereocenters. The number of aromatic hydroxyl groups is 1. The van der Waals surface area contributed by atoms with E-state index in [9.17, 15) is 9.90 Å². The number of benzene rings is 1. The van der Waals surface area contributed by atoms with Gasteiger partial charge in [-0.15, -0.1) is 0 Å². The third-order valence-corrected chi connectivity index (χ3v) is 3.23. The second-order valence-corrected chi connectivity index (χ2v) is 4.52. The van der Waals surface area contributed by atoms with Crippen LogP contribution in [0.3, 0.4) is 0 Å². The minimum absolute atomic E-state index is 0.0831. The van der Waals surface area contributed by atoms with Crippen LogP contribution in [0.15, 0.2) is 18.2 Å². The number of para-hydroxylation sites is 1. The third-order valence-electron chi connectivity index (χ3n) is 3.23. The number of hydrogen-bond acceptors (Lipinski definition) is 3.